The monoisotopic (exact) mass is 262 g/mol. The van der Waals surface area contributed by atoms with Crippen LogP contribution in [-0.2, 0) is 0 Å². The van der Waals surface area contributed by atoms with Crippen LogP contribution in [0.15, 0.2) is 36.7 Å². The number of ether oxygens (including phenoxy) is 2. The number of methoxy groups -OCH3 is 2. The molecule has 0 aliphatic carbocycles. The zero-order valence-electron chi connectivity index (χ0n) is 10.8. The zero-order valence-corrected chi connectivity index (χ0v) is 10.8. The molecule has 0 aliphatic heterocycles. The number of nitrogens with zero attached hydrogens (tertiary/aromatic N) is 1. The van der Waals surface area contributed by atoms with Crippen LogP contribution in [0.1, 0.15) is 17.2 Å². The molecule has 1 unspecified atom stereocenters. The van der Waals surface area contributed by atoms with Gasteiger partial charge in [0.1, 0.15) is 17.3 Å². The highest BCUT2D eigenvalue weighted by Gasteiger charge is 2.16. The van der Waals surface area contributed by atoms with Gasteiger partial charge < -0.3 is 15.2 Å². The Morgan fingerprint density at radius 2 is 1.95 bits per heavy atom. The molecule has 2 rings (SSSR count). The molecule has 0 fully saturated rings. The standard InChI is InChI=1S/C14H15FN2O2/c1-18-11-3-4-13(19-2)12(6-11)14(16)9-5-10(15)8-17-7-9/h3-8,14H,16H2,1-2H3. The van der Waals surface area contributed by atoms with E-state index in [0.717, 1.165) is 6.20 Å². The van der Waals surface area contributed by atoms with Gasteiger partial charge in [-0.1, -0.05) is 0 Å². The van der Waals surface area contributed by atoms with E-state index in [2.05, 4.69) is 4.98 Å². The molecule has 0 bridgehead atoms. The number of benzene rings is 1. The van der Waals surface area contributed by atoms with Gasteiger partial charge in [-0.25, -0.2) is 4.39 Å². The molecule has 19 heavy (non-hydrogen) atoms. The highest BCUT2D eigenvalue weighted by Crippen LogP contribution is 2.31. The van der Waals surface area contributed by atoms with Crippen LogP contribution in [0.3, 0.4) is 0 Å². The Hall–Kier alpha value is -2.14. The predicted octanol–water partition coefficient (Wildman–Crippen LogP) is 2.29. The molecule has 5 heteroatoms. The van der Waals surface area contributed by atoms with Crippen LogP contribution in [0, 0.1) is 5.82 Å². The van der Waals surface area contributed by atoms with Gasteiger partial charge in [0.25, 0.3) is 0 Å². The summed E-state index contributed by atoms with van der Waals surface area (Å²) < 4.78 is 23.6. The summed E-state index contributed by atoms with van der Waals surface area (Å²) in [6.07, 6.45) is 2.67. The first-order valence-electron chi connectivity index (χ1n) is 5.73. The highest BCUT2D eigenvalue weighted by molar-refractivity contribution is 5.45. The molecule has 0 amide bonds. The van der Waals surface area contributed by atoms with Crippen molar-refractivity contribution in [3.63, 3.8) is 0 Å². The molecule has 100 valence electrons. The summed E-state index contributed by atoms with van der Waals surface area (Å²) in [5.41, 5.74) is 7.44. The van der Waals surface area contributed by atoms with Gasteiger partial charge in [0.15, 0.2) is 0 Å². The molecule has 1 aromatic heterocycles. The summed E-state index contributed by atoms with van der Waals surface area (Å²) in [6, 6.07) is 6.14. The number of halogens is 1. The lowest BCUT2D eigenvalue weighted by Crippen LogP contribution is -2.13. The number of nitrogens with two attached hydrogens (primary N) is 1. The van der Waals surface area contributed by atoms with E-state index in [1.807, 2.05) is 0 Å². The largest absolute Gasteiger partial charge is 0.497 e. The second-order valence-corrected chi connectivity index (χ2v) is 4.02. The summed E-state index contributed by atoms with van der Waals surface area (Å²) >= 11 is 0. The summed E-state index contributed by atoms with van der Waals surface area (Å²) in [6.45, 7) is 0. The Balaban J connectivity index is 2.44. The first-order valence-corrected chi connectivity index (χ1v) is 5.73. The third kappa shape index (κ3) is 2.82. The van der Waals surface area contributed by atoms with Crippen molar-refractivity contribution < 1.29 is 13.9 Å². The van der Waals surface area contributed by atoms with Crippen molar-refractivity contribution in [3.05, 3.63) is 53.6 Å². The van der Waals surface area contributed by atoms with E-state index in [9.17, 15) is 4.39 Å². The van der Waals surface area contributed by atoms with Gasteiger partial charge in [-0.3, -0.25) is 4.98 Å². The van der Waals surface area contributed by atoms with Crippen LogP contribution >= 0.6 is 0 Å². The van der Waals surface area contributed by atoms with E-state index >= 15 is 0 Å². The number of hydrogen-bond donors (Lipinski definition) is 1. The molecule has 0 spiro atoms. The van der Waals surface area contributed by atoms with E-state index in [1.165, 1.54) is 12.3 Å². The minimum atomic E-state index is -0.534. The Morgan fingerprint density at radius 1 is 1.16 bits per heavy atom. The van der Waals surface area contributed by atoms with Crippen LogP contribution < -0.4 is 15.2 Å². The van der Waals surface area contributed by atoms with Gasteiger partial charge in [-0.2, -0.15) is 0 Å². The van der Waals surface area contributed by atoms with Crippen LogP contribution in [0.25, 0.3) is 0 Å². The zero-order chi connectivity index (χ0) is 13.8. The van der Waals surface area contributed by atoms with Crippen LogP contribution in [-0.4, -0.2) is 19.2 Å². The molecular weight excluding hydrogens is 247 g/mol. The van der Waals surface area contributed by atoms with E-state index in [0.29, 0.717) is 22.6 Å². The van der Waals surface area contributed by atoms with Crippen molar-refractivity contribution >= 4 is 0 Å². The summed E-state index contributed by atoms with van der Waals surface area (Å²) in [4.78, 5) is 3.80. The molecule has 1 heterocycles. The molecule has 0 saturated carbocycles. The molecule has 2 aromatic rings. The minimum Gasteiger partial charge on any atom is -0.497 e. The number of rotatable bonds is 4. The molecule has 4 nitrogen and oxygen atoms in total. The van der Waals surface area contributed by atoms with Gasteiger partial charge in [0, 0.05) is 11.8 Å². The number of hydrogen-bond acceptors (Lipinski definition) is 4. The average Bonchev–Trinajstić information content (AvgIpc) is 2.45. The maximum Gasteiger partial charge on any atom is 0.141 e. The number of aromatic nitrogens is 1. The van der Waals surface area contributed by atoms with Crippen LogP contribution in [0.4, 0.5) is 4.39 Å². The Morgan fingerprint density at radius 3 is 2.58 bits per heavy atom. The Labute approximate surface area is 111 Å². The average molecular weight is 262 g/mol. The summed E-state index contributed by atoms with van der Waals surface area (Å²) in [7, 11) is 3.13. The summed E-state index contributed by atoms with van der Waals surface area (Å²) in [5, 5.41) is 0. The van der Waals surface area contributed by atoms with Gasteiger partial charge in [0.05, 0.1) is 26.5 Å². The SMILES string of the molecule is COc1ccc(OC)c(C(N)c2cncc(F)c2)c1. The van der Waals surface area contributed by atoms with E-state index in [-0.39, 0.29) is 0 Å². The number of pyridine rings is 1. The van der Waals surface area contributed by atoms with Crippen molar-refractivity contribution in [1.82, 2.24) is 4.98 Å². The first kappa shape index (κ1) is 13.3. The van der Waals surface area contributed by atoms with Crippen molar-refractivity contribution in [2.75, 3.05) is 14.2 Å². The van der Waals surface area contributed by atoms with Crippen LogP contribution in [0.5, 0.6) is 11.5 Å². The first-order chi connectivity index (χ1) is 9.15. The third-order valence-corrected chi connectivity index (χ3v) is 2.86. The van der Waals surface area contributed by atoms with Gasteiger partial charge in [0.2, 0.25) is 0 Å². The third-order valence-electron chi connectivity index (χ3n) is 2.86. The van der Waals surface area contributed by atoms with Gasteiger partial charge >= 0.3 is 0 Å². The van der Waals surface area contributed by atoms with Crippen molar-refractivity contribution in [2.24, 2.45) is 5.73 Å². The molecule has 2 N–H and O–H groups in total. The smallest absolute Gasteiger partial charge is 0.141 e. The molecular formula is C14H15FN2O2. The molecule has 0 saturated heterocycles. The lowest BCUT2D eigenvalue weighted by atomic mass is 10.00. The van der Waals surface area contributed by atoms with Gasteiger partial charge in [-0.15, -0.1) is 0 Å². The maximum absolute atomic E-state index is 13.2. The van der Waals surface area contributed by atoms with E-state index in [1.54, 1.807) is 32.4 Å². The maximum atomic E-state index is 13.2. The molecule has 1 atom stereocenters. The fraction of sp³-hybridized carbons (Fsp3) is 0.214. The van der Waals surface area contributed by atoms with E-state index < -0.39 is 11.9 Å². The Bertz CT molecular complexity index is 575. The second kappa shape index (κ2) is 5.67. The fourth-order valence-electron chi connectivity index (χ4n) is 1.86. The molecule has 1 aromatic carbocycles. The normalized spacial score (nSPS) is 12.0. The van der Waals surface area contributed by atoms with Crippen LogP contribution in [0.2, 0.25) is 0 Å². The summed E-state index contributed by atoms with van der Waals surface area (Å²) in [5.74, 6) is 0.864. The predicted molar refractivity (Wildman–Crippen MR) is 69.8 cm³/mol. The molecule has 0 aliphatic rings. The topological polar surface area (TPSA) is 57.4 Å². The van der Waals surface area contributed by atoms with Gasteiger partial charge in [-0.05, 0) is 29.8 Å². The highest BCUT2D eigenvalue weighted by atomic mass is 19.1. The van der Waals surface area contributed by atoms with E-state index in [4.69, 9.17) is 15.2 Å². The van der Waals surface area contributed by atoms with Crippen molar-refractivity contribution in [3.8, 4) is 11.5 Å². The fourth-order valence-corrected chi connectivity index (χ4v) is 1.86. The minimum absolute atomic E-state index is 0.421. The quantitative estimate of drug-likeness (QED) is 0.918. The Kier molecular flexibility index (Phi) is 3.97. The van der Waals surface area contributed by atoms with Crippen molar-refractivity contribution in [2.45, 2.75) is 6.04 Å². The molecule has 0 radical (unpaired) electrons. The van der Waals surface area contributed by atoms with Crippen molar-refractivity contribution in [1.29, 1.82) is 0 Å². The lowest BCUT2D eigenvalue weighted by Gasteiger charge is -2.17. The lowest BCUT2D eigenvalue weighted by molar-refractivity contribution is 0.397. The second-order valence-electron chi connectivity index (χ2n) is 4.02.